The molecule has 0 unspecified atom stereocenters. The molecule has 0 atom stereocenters. The van der Waals surface area contributed by atoms with Crippen LogP contribution in [0.5, 0.6) is 0 Å². The lowest BCUT2D eigenvalue weighted by Crippen LogP contribution is -2.08. The second kappa shape index (κ2) is 3.75. The lowest BCUT2D eigenvalue weighted by atomic mass is 10.0. The fraction of sp³-hybridized carbons (Fsp3) is 0.889. The summed E-state index contributed by atoms with van der Waals surface area (Å²) in [4.78, 5) is 4.49. The van der Waals surface area contributed by atoms with Gasteiger partial charge >= 0.3 is 0 Å². The highest BCUT2D eigenvalue weighted by atomic mass is 14.7. The second-order valence-electron chi connectivity index (χ2n) is 3.50. The standard InChI is InChI=1S/C9H17N/c1-8(2)7-9-5-3-4-6-10-9/h8H,3-7H2,1-2H3. The van der Waals surface area contributed by atoms with Crippen molar-refractivity contribution in [1.82, 2.24) is 0 Å². The summed E-state index contributed by atoms with van der Waals surface area (Å²) in [7, 11) is 0. The van der Waals surface area contributed by atoms with Gasteiger partial charge in [0.05, 0.1) is 0 Å². The lowest BCUT2D eigenvalue weighted by molar-refractivity contribution is 0.648. The first-order valence-electron chi connectivity index (χ1n) is 4.31. The van der Waals surface area contributed by atoms with E-state index in [0.717, 1.165) is 12.5 Å². The van der Waals surface area contributed by atoms with Crippen LogP contribution in [-0.4, -0.2) is 12.3 Å². The maximum Gasteiger partial charge on any atom is 0.0388 e. The van der Waals surface area contributed by atoms with Crippen LogP contribution in [0.15, 0.2) is 4.99 Å². The van der Waals surface area contributed by atoms with Gasteiger partial charge in [0.25, 0.3) is 0 Å². The molecule has 0 fully saturated rings. The zero-order valence-corrected chi connectivity index (χ0v) is 7.06. The Balaban J connectivity index is 2.31. The van der Waals surface area contributed by atoms with E-state index in [0.29, 0.717) is 0 Å². The van der Waals surface area contributed by atoms with Crippen LogP contribution >= 0.6 is 0 Å². The highest BCUT2D eigenvalue weighted by Gasteiger charge is 2.05. The molecule has 0 spiro atoms. The third-order valence-corrected chi connectivity index (χ3v) is 1.85. The first-order chi connectivity index (χ1) is 4.79. The normalized spacial score (nSPS) is 19.3. The molecular weight excluding hydrogens is 122 g/mol. The van der Waals surface area contributed by atoms with E-state index < -0.39 is 0 Å². The largest absolute Gasteiger partial charge is 0.294 e. The molecule has 0 aromatic rings. The van der Waals surface area contributed by atoms with E-state index in [1.807, 2.05) is 0 Å². The van der Waals surface area contributed by atoms with Crippen molar-refractivity contribution < 1.29 is 0 Å². The fourth-order valence-corrected chi connectivity index (χ4v) is 1.39. The predicted octanol–water partition coefficient (Wildman–Crippen LogP) is 2.66. The number of hydrogen-bond acceptors (Lipinski definition) is 1. The van der Waals surface area contributed by atoms with Crippen LogP contribution in [0.3, 0.4) is 0 Å². The van der Waals surface area contributed by atoms with Crippen LogP contribution in [-0.2, 0) is 0 Å². The third-order valence-electron chi connectivity index (χ3n) is 1.85. The Kier molecular flexibility index (Phi) is 2.91. The Labute approximate surface area is 63.5 Å². The zero-order chi connectivity index (χ0) is 7.40. The van der Waals surface area contributed by atoms with E-state index >= 15 is 0 Å². The van der Waals surface area contributed by atoms with E-state index in [-0.39, 0.29) is 0 Å². The fourth-order valence-electron chi connectivity index (χ4n) is 1.39. The second-order valence-corrected chi connectivity index (χ2v) is 3.50. The van der Waals surface area contributed by atoms with Gasteiger partial charge in [0, 0.05) is 12.3 Å². The molecule has 1 aliphatic heterocycles. The van der Waals surface area contributed by atoms with Crippen molar-refractivity contribution in [2.24, 2.45) is 10.9 Å². The van der Waals surface area contributed by atoms with E-state index in [1.54, 1.807) is 0 Å². The van der Waals surface area contributed by atoms with Crippen molar-refractivity contribution >= 4 is 5.71 Å². The van der Waals surface area contributed by atoms with Gasteiger partial charge in [0.2, 0.25) is 0 Å². The van der Waals surface area contributed by atoms with Gasteiger partial charge in [-0.2, -0.15) is 0 Å². The molecule has 0 N–H and O–H groups in total. The van der Waals surface area contributed by atoms with Gasteiger partial charge in [0.1, 0.15) is 0 Å². The third kappa shape index (κ3) is 2.51. The van der Waals surface area contributed by atoms with Crippen molar-refractivity contribution in [1.29, 1.82) is 0 Å². The molecule has 0 radical (unpaired) electrons. The Bertz CT molecular complexity index is 125. The van der Waals surface area contributed by atoms with Gasteiger partial charge in [-0.25, -0.2) is 0 Å². The van der Waals surface area contributed by atoms with Gasteiger partial charge in [-0.3, -0.25) is 4.99 Å². The summed E-state index contributed by atoms with van der Waals surface area (Å²) >= 11 is 0. The molecule has 1 heteroatoms. The van der Waals surface area contributed by atoms with Gasteiger partial charge in [-0.1, -0.05) is 13.8 Å². The first kappa shape index (κ1) is 7.77. The number of rotatable bonds is 2. The quantitative estimate of drug-likeness (QED) is 0.557. The molecule has 0 saturated carbocycles. The summed E-state index contributed by atoms with van der Waals surface area (Å²) in [6, 6.07) is 0. The van der Waals surface area contributed by atoms with E-state index in [2.05, 4.69) is 18.8 Å². The predicted molar refractivity (Wildman–Crippen MR) is 45.6 cm³/mol. The smallest absolute Gasteiger partial charge is 0.0388 e. The zero-order valence-electron chi connectivity index (χ0n) is 7.06. The van der Waals surface area contributed by atoms with Crippen LogP contribution in [0.4, 0.5) is 0 Å². The van der Waals surface area contributed by atoms with Crippen LogP contribution < -0.4 is 0 Å². The minimum absolute atomic E-state index is 0.789. The highest BCUT2D eigenvalue weighted by molar-refractivity contribution is 5.85. The molecule has 1 aliphatic rings. The maximum atomic E-state index is 4.49. The molecule has 1 rings (SSSR count). The van der Waals surface area contributed by atoms with Crippen LogP contribution in [0.1, 0.15) is 39.5 Å². The number of nitrogens with zero attached hydrogens (tertiary/aromatic N) is 1. The number of hydrogen-bond donors (Lipinski definition) is 0. The van der Waals surface area contributed by atoms with Gasteiger partial charge < -0.3 is 0 Å². The highest BCUT2D eigenvalue weighted by Crippen LogP contribution is 2.12. The Morgan fingerprint density at radius 3 is 2.70 bits per heavy atom. The minimum atomic E-state index is 0.789. The average molecular weight is 139 g/mol. The molecule has 1 nitrogen and oxygen atoms in total. The molecule has 1 heterocycles. The van der Waals surface area contributed by atoms with Crippen molar-refractivity contribution in [2.45, 2.75) is 39.5 Å². The molecule has 58 valence electrons. The number of aliphatic imine (C=N–C) groups is 1. The topological polar surface area (TPSA) is 12.4 Å². The van der Waals surface area contributed by atoms with Crippen LogP contribution in [0.25, 0.3) is 0 Å². The summed E-state index contributed by atoms with van der Waals surface area (Å²) in [5, 5.41) is 0. The molecule has 10 heavy (non-hydrogen) atoms. The summed E-state index contributed by atoms with van der Waals surface area (Å²) in [5.74, 6) is 0.789. The van der Waals surface area contributed by atoms with Crippen molar-refractivity contribution in [3.05, 3.63) is 0 Å². The SMILES string of the molecule is CC(C)CC1=NCCCC1. The summed E-state index contributed by atoms with van der Waals surface area (Å²) < 4.78 is 0. The van der Waals surface area contributed by atoms with Crippen molar-refractivity contribution in [3.63, 3.8) is 0 Å². The molecular formula is C9H17N. The average Bonchev–Trinajstić information content (AvgIpc) is 1.88. The summed E-state index contributed by atoms with van der Waals surface area (Å²) in [6.45, 7) is 5.61. The maximum absolute atomic E-state index is 4.49. The van der Waals surface area contributed by atoms with E-state index in [1.165, 1.54) is 31.4 Å². The molecule has 0 bridgehead atoms. The Morgan fingerprint density at radius 1 is 1.40 bits per heavy atom. The van der Waals surface area contributed by atoms with Gasteiger partial charge in [0.15, 0.2) is 0 Å². The molecule has 0 aromatic heterocycles. The van der Waals surface area contributed by atoms with Crippen LogP contribution in [0, 0.1) is 5.92 Å². The molecule has 0 aliphatic carbocycles. The van der Waals surface area contributed by atoms with Crippen molar-refractivity contribution in [3.8, 4) is 0 Å². The molecule has 0 amide bonds. The minimum Gasteiger partial charge on any atom is -0.294 e. The first-order valence-corrected chi connectivity index (χ1v) is 4.31. The van der Waals surface area contributed by atoms with Crippen molar-refractivity contribution in [2.75, 3.05) is 6.54 Å². The van der Waals surface area contributed by atoms with E-state index in [4.69, 9.17) is 0 Å². The van der Waals surface area contributed by atoms with Gasteiger partial charge in [-0.05, 0) is 31.6 Å². The summed E-state index contributed by atoms with van der Waals surface area (Å²) in [5.41, 5.74) is 1.46. The molecule has 0 aromatic carbocycles. The summed E-state index contributed by atoms with van der Waals surface area (Å²) in [6.07, 6.45) is 5.16. The lowest BCUT2D eigenvalue weighted by Gasteiger charge is -2.12. The Morgan fingerprint density at radius 2 is 2.20 bits per heavy atom. The Hall–Kier alpha value is -0.330. The molecule has 0 saturated heterocycles. The van der Waals surface area contributed by atoms with Gasteiger partial charge in [-0.15, -0.1) is 0 Å². The van der Waals surface area contributed by atoms with Crippen LogP contribution in [0.2, 0.25) is 0 Å². The monoisotopic (exact) mass is 139 g/mol. The van der Waals surface area contributed by atoms with E-state index in [9.17, 15) is 0 Å².